The molecule has 2 aromatic carbocycles. The summed E-state index contributed by atoms with van der Waals surface area (Å²) in [5.74, 6) is 0.153. The summed E-state index contributed by atoms with van der Waals surface area (Å²) >= 11 is 0. The van der Waals surface area contributed by atoms with E-state index in [2.05, 4.69) is 30.3 Å². The van der Waals surface area contributed by atoms with E-state index in [0.29, 0.717) is 6.42 Å². The van der Waals surface area contributed by atoms with Crippen LogP contribution in [0.3, 0.4) is 0 Å². The number of likely N-dealkylation sites (N-methyl/N-ethyl adjacent to an activating group) is 1. The second-order valence-corrected chi connectivity index (χ2v) is 5.65. The molecule has 3 nitrogen and oxygen atoms in total. The molecular weight excluding hydrogens is 260 g/mol. The summed E-state index contributed by atoms with van der Waals surface area (Å²) < 4.78 is 0. The molecule has 0 saturated heterocycles. The summed E-state index contributed by atoms with van der Waals surface area (Å²) in [6.45, 7) is 0. The Bertz CT molecular complexity index is 652. The van der Waals surface area contributed by atoms with Crippen molar-refractivity contribution in [1.82, 2.24) is 0 Å². The van der Waals surface area contributed by atoms with Crippen LogP contribution in [0.2, 0.25) is 0 Å². The van der Waals surface area contributed by atoms with Gasteiger partial charge in [-0.3, -0.25) is 4.79 Å². The van der Waals surface area contributed by atoms with E-state index in [-0.39, 0.29) is 11.9 Å². The molecule has 0 bridgehead atoms. The van der Waals surface area contributed by atoms with Gasteiger partial charge in [0.15, 0.2) is 0 Å². The lowest BCUT2D eigenvalue weighted by atomic mass is 9.97. The Labute approximate surface area is 125 Å². The van der Waals surface area contributed by atoms with Gasteiger partial charge in [-0.25, -0.2) is 0 Å². The number of fused-ring (bicyclic) bond motifs is 1. The quantitative estimate of drug-likeness (QED) is 0.936. The van der Waals surface area contributed by atoms with Crippen molar-refractivity contribution >= 4 is 11.6 Å². The van der Waals surface area contributed by atoms with Crippen LogP contribution >= 0.6 is 0 Å². The van der Waals surface area contributed by atoms with Crippen LogP contribution in [-0.2, 0) is 17.6 Å². The van der Waals surface area contributed by atoms with Crippen molar-refractivity contribution in [2.24, 2.45) is 5.73 Å². The van der Waals surface area contributed by atoms with Crippen LogP contribution in [0.4, 0.5) is 5.69 Å². The van der Waals surface area contributed by atoms with E-state index >= 15 is 0 Å². The number of hydrogen-bond donors (Lipinski definition) is 1. The van der Waals surface area contributed by atoms with Gasteiger partial charge in [-0.15, -0.1) is 0 Å². The number of nitrogens with zero attached hydrogens (tertiary/aromatic N) is 1. The second-order valence-electron chi connectivity index (χ2n) is 5.65. The Hall–Kier alpha value is -2.13. The Morgan fingerprint density at radius 2 is 1.95 bits per heavy atom. The third-order valence-corrected chi connectivity index (χ3v) is 4.20. The lowest BCUT2D eigenvalue weighted by molar-refractivity contribution is -0.117. The van der Waals surface area contributed by atoms with Crippen LogP contribution in [0.5, 0.6) is 0 Å². The SMILES string of the molecule is CN1C(=O)Cc2cc(C(N)CCc3ccccc3)ccc21. The number of amides is 1. The first-order valence-corrected chi connectivity index (χ1v) is 7.34. The highest BCUT2D eigenvalue weighted by molar-refractivity contribution is 6.00. The van der Waals surface area contributed by atoms with Gasteiger partial charge in [-0.05, 0) is 35.6 Å². The maximum Gasteiger partial charge on any atom is 0.231 e. The number of anilines is 1. The molecule has 1 amide bonds. The van der Waals surface area contributed by atoms with Gasteiger partial charge in [0.2, 0.25) is 5.91 Å². The number of aryl methyl sites for hydroxylation is 1. The summed E-state index contributed by atoms with van der Waals surface area (Å²) in [5.41, 5.74) is 10.8. The Balaban J connectivity index is 1.70. The van der Waals surface area contributed by atoms with Gasteiger partial charge in [0.05, 0.1) is 6.42 Å². The van der Waals surface area contributed by atoms with Crippen LogP contribution in [-0.4, -0.2) is 13.0 Å². The Morgan fingerprint density at radius 1 is 1.19 bits per heavy atom. The smallest absolute Gasteiger partial charge is 0.231 e. The summed E-state index contributed by atoms with van der Waals surface area (Å²) in [7, 11) is 1.82. The van der Waals surface area contributed by atoms with E-state index in [9.17, 15) is 4.79 Å². The summed E-state index contributed by atoms with van der Waals surface area (Å²) in [6, 6.07) is 16.5. The largest absolute Gasteiger partial charge is 0.324 e. The molecule has 2 aromatic rings. The second kappa shape index (κ2) is 5.70. The average molecular weight is 280 g/mol. The first-order chi connectivity index (χ1) is 10.1. The topological polar surface area (TPSA) is 46.3 Å². The highest BCUT2D eigenvalue weighted by Crippen LogP contribution is 2.30. The molecule has 0 aliphatic carbocycles. The van der Waals surface area contributed by atoms with Gasteiger partial charge in [-0.1, -0.05) is 42.5 Å². The third-order valence-electron chi connectivity index (χ3n) is 4.20. The van der Waals surface area contributed by atoms with Gasteiger partial charge >= 0.3 is 0 Å². The monoisotopic (exact) mass is 280 g/mol. The van der Waals surface area contributed by atoms with Crippen molar-refractivity contribution in [2.45, 2.75) is 25.3 Å². The molecule has 0 spiro atoms. The number of nitrogens with two attached hydrogens (primary N) is 1. The molecule has 0 fully saturated rings. The molecule has 0 radical (unpaired) electrons. The minimum Gasteiger partial charge on any atom is -0.324 e. The van der Waals surface area contributed by atoms with E-state index in [1.165, 1.54) is 5.56 Å². The van der Waals surface area contributed by atoms with E-state index < -0.39 is 0 Å². The molecule has 21 heavy (non-hydrogen) atoms. The maximum absolute atomic E-state index is 11.7. The molecule has 0 saturated carbocycles. The number of benzene rings is 2. The first-order valence-electron chi connectivity index (χ1n) is 7.34. The van der Waals surface area contributed by atoms with Crippen LogP contribution in [0.25, 0.3) is 0 Å². The van der Waals surface area contributed by atoms with Gasteiger partial charge < -0.3 is 10.6 Å². The molecule has 0 aromatic heterocycles. The zero-order chi connectivity index (χ0) is 14.8. The van der Waals surface area contributed by atoms with E-state index in [1.54, 1.807) is 4.90 Å². The highest BCUT2D eigenvalue weighted by Gasteiger charge is 2.24. The van der Waals surface area contributed by atoms with Crippen molar-refractivity contribution < 1.29 is 4.79 Å². The molecule has 1 aliphatic heterocycles. The van der Waals surface area contributed by atoms with E-state index in [1.807, 2.05) is 25.2 Å². The van der Waals surface area contributed by atoms with Crippen molar-refractivity contribution in [1.29, 1.82) is 0 Å². The molecule has 1 aliphatic rings. The molecular formula is C18H20N2O. The van der Waals surface area contributed by atoms with Crippen LogP contribution < -0.4 is 10.6 Å². The zero-order valence-electron chi connectivity index (χ0n) is 12.3. The predicted molar refractivity (Wildman–Crippen MR) is 85.2 cm³/mol. The normalized spacial score (nSPS) is 15.1. The molecule has 2 N–H and O–H groups in total. The Morgan fingerprint density at radius 3 is 2.71 bits per heavy atom. The maximum atomic E-state index is 11.7. The highest BCUT2D eigenvalue weighted by atomic mass is 16.2. The summed E-state index contributed by atoms with van der Waals surface area (Å²) in [6.07, 6.45) is 2.37. The molecule has 1 heterocycles. The molecule has 1 unspecified atom stereocenters. The van der Waals surface area contributed by atoms with Crippen molar-refractivity contribution in [3.63, 3.8) is 0 Å². The van der Waals surface area contributed by atoms with Gasteiger partial charge in [0, 0.05) is 18.8 Å². The van der Waals surface area contributed by atoms with Crippen molar-refractivity contribution in [2.75, 3.05) is 11.9 Å². The molecule has 108 valence electrons. The lowest BCUT2D eigenvalue weighted by Crippen LogP contribution is -2.20. The Kier molecular flexibility index (Phi) is 3.76. The van der Waals surface area contributed by atoms with Crippen LogP contribution in [0.15, 0.2) is 48.5 Å². The summed E-state index contributed by atoms with van der Waals surface area (Å²) in [5, 5.41) is 0. The van der Waals surface area contributed by atoms with E-state index in [4.69, 9.17) is 5.73 Å². The minimum absolute atomic E-state index is 0.0107. The average Bonchev–Trinajstić information content (AvgIpc) is 2.80. The fourth-order valence-electron chi connectivity index (χ4n) is 2.85. The number of carbonyl (C=O) groups excluding carboxylic acids is 1. The van der Waals surface area contributed by atoms with Gasteiger partial charge in [0.1, 0.15) is 0 Å². The molecule has 3 rings (SSSR count). The van der Waals surface area contributed by atoms with Gasteiger partial charge in [-0.2, -0.15) is 0 Å². The number of hydrogen-bond acceptors (Lipinski definition) is 2. The number of carbonyl (C=O) groups is 1. The lowest BCUT2D eigenvalue weighted by Gasteiger charge is -2.15. The summed E-state index contributed by atoms with van der Waals surface area (Å²) in [4.78, 5) is 13.4. The van der Waals surface area contributed by atoms with Crippen LogP contribution in [0.1, 0.15) is 29.2 Å². The third kappa shape index (κ3) is 2.83. The van der Waals surface area contributed by atoms with Gasteiger partial charge in [0.25, 0.3) is 0 Å². The first kappa shape index (κ1) is 13.8. The van der Waals surface area contributed by atoms with Crippen LogP contribution in [0, 0.1) is 0 Å². The van der Waals surface area contributed by atoms with Crippen molar-refractivity contribution in [3.05, 3.63) is 65.2 Å². The predicted octanol–water partition coefficient (Wildman–Crippen LogP) is 2.84. The van der Waals surface area contributed by atoms with E-state index in [0.717, 1.165) is 29.7 Å². The molecule has 1 atom stereocenters. The van der Waals surface area contributed by atoms with Crippen molar-refractivity contribution in [3.8, 4) is 0 Å². The molecule has 3 heteroatoms. The fraction of sp³-hybridized carbons (Fsp3) is 0.278. The standard InChI is InChI=1S/C18H20N2O/c1-20-17-10-8-14(11-15(17)12-18(20)21)16(19)9-7-13-5-3-2-4-6-13/h2-6,8,10-11,16H,7,9,12,19H2,1H3. The minimum atomic E-state index is 0.0107. The fourth-order valence-corrected chi connectivity index (χ4v) is 2.85. The zero-order valence-corrected chi connectivity index (χ0v) is 12.3. The number of rotatable bonds is 4.